The molecule has 0 radical (unpaired) electrons. The molecule has 1 saturated heterocycles. The first-order valence-electron chi connectivity index (χ1n) is 7.59. The van der Waals surface area contributed by atoms with Gasteiger partial charge in [0, 0.05) is 17.5 Å². The van der Waals surface area contributed by atoms with Crippen molar-refractivity contribution in [3.05, 3.63) is 40.4 Å². The van der Waals surface area contributed by atoms with Gasteiger partial charge in [0.25, 0.3) is 0 Å². The molecule has 1 amide bonds. The summed E-state index contributed by atoms with van der Waals surface area (Å²) in [7, 11) is -2.91. The molecule has 0 aliphatic carbocycles. The summed E-state index contributed by atoms with van der Waals surface area (Å²) in [4.78, 5) is 16.5. The lowest BCUT2D eigenvalue weighted by Gasteiger charge is -2.08. The summed E-state index contributed by atoms with van der Waals surface area (Å²) in [6, 6.07) is 7.45. The van der Waals surface area contributed by atoms with Gasteiger partial charge < -0.3 is 5.32 Å². The van der Waals surface area contributed by atoms with Crippen molar-refractivity contribution in [2.75, 3.05) is 18.1 Å². The number of hydrogen-bond donors (Lipinski definition) is 1. The van der Waals surface area contributed by atoms with E-state index in [9.17, 15) is 13.2 Å². The second-order valence-corrected chi connectivity index (χ2v) is 9.37. The van der Waals surface area contributed by atoms with Crippen LogP contribution in [0.15, 0.2) is 29.6 Å². The number of sulfone groups is 1. The Morgan fingerprint density at radius 2 is 2.17 bits per heavy atom. The summed E-state index contributed by atoms with van der Waals surface area (Å²) in [5.41, 5.74) is 1.54. The fraction of sp³-hybridized carbons (Fsp3) is 0.375. The molecule has 1 aromatic heterocycles. The minimum Gasteiger partial charge on any atom is -0.355 e. The van der Waals surface area contributed by atoms with Crippen LogP contribution in [0.25, 0.3) is 10.6 Å². The van der Waals surface area contributed by atoms with E-state index >= 15 is 0 Å². The molecular formula is C16H17ClN2O3S2. The van der Waals surface area contributed by atoms with Gasteiger partial charge in [-0.25, -0.2) is 13.4 Å². The lowest BCUT2D eigenvalue weighted by atomic mass is 10.1. The maximum atomic E-state index is 12.0. The molecule has 1 unspecified atom stereocenters. The van der Waals surface area contributed by atoms with Crippen LogP contribution in [-0.2, 0) is 21.1 Å². The molecule has 5 nitrogen and oxygen atoms in total. The van der Waals surface area contributed by atoms with Crippen LogP contribution in [0, 0.1) is 5.92 Å². The minimum absolute atomic E-state index is 0.0214. The summed E-state index contributed by atoms with van der Waals surface area (Å²) in [6.45, 7) is 0.402. The van der Waals surface area contributed by atoms with Crippen molar-refractivity contribution in [1.82, 2.24) is 10.3 Å². The van der Waals surface area contributed by atoms with Gasteiger partial charge in [-0.05, 0) is 18.4 Å². The van der Waals surface area contributed by atoms with E-state index in [1.54, 1.807) is 6.07 Å². The average molecular weight is 385 g/mol. The van der Waals surface area contributed by atoms with E-state index < -0.39 is 9.84 Å². The molecule has 2 aromatic rings. The third-order valence-corrected chi connectivity index (χ3v) is 7.00. The molecule has 8 heteroatoms. The van der Waals surface area contributed by atoms with E-state index in [0.29, 0.717) is 23.7 Å². The van der Waals surface area contributed by atoms with Gasteiger partial charge >= 0.3 is 0 Å². The Hall–Kier alpha value is -1.44. The quantitative estimate of drug-likeness (QED) is 0.859. The Morgan fingerprint density at radius 1 is 1.38 bits per heavy atom. The molecule has 0 bridgehead atoms. The van der Waals surface area contributed by atoms with Gasteiger partial charge in [0.05, 0.1) is 28.6 Å². The maximum Gasteiger partial charge on any atom is 0.226 e. The summed E-state index contributed by atoms with van der Waals surface area (Å²) < 4.78 is 22.8. The standard InChI is InChI=1S/C16H17ClN2O3S2/c17-14-4-2-1-3-13(14)16-19-12(9-23-16)7-15(20)18-8-11-5-6-24(21,22)10-11/h1-4,9,11H,5-8,10H2,(H,18,20). The third-order valence-electron chi connectivity index (χ3n) is 3.91. The van der Waals surface area contributed by atoms with E-state index in [4.69, 9.17) is 11.6 Å². The van der Waals surface area contributed by atoms with Crippen molar-refractivity contribution < 1.29 is 13.2 Å². The van der Waals surface area contributed by atoms with Crippen LogP contribution in [0.1, 0.15) is 12.1 Å². The highest BCUT2D eigenvalue weighted by atomic mass is 35.5. The van der Waals surface area contributed by atoms with E-state index in [1.807, 2.05) is 23.6 Å². The average Bonchev–Trinajstić information content (AvgIpc) is 3.12. The molecular weight excluding hydrogens is 368 g/mol. The van der Waals surface area contributed by atoms with Crippen LogP contribution < -0.4 is 5.32 Å². The summed E-state index contributed by atoms with van der Waals surface area (Å²) in [6.07, 6.45) is 0.802. The number of amides is 1. The highest BCUT2D eigenvalue weighted by molar-refractivity contribution is 7.91. The van der Waals surface area contributed by atoms with Gasteiger partial charge in [-0.1, -0.05) is 29.8 Å². The summed E-state index contributed by atoms with van der Waals surface area (Å²) in [5.74, 6) is 0.268. The van der Waals surface area contributed by atoms with Gasteiger partial charge in [0.1, 0.15) is 5.01 Å². The highest BCUT2D eigenvalue weighted by Gasteiger charge is 2.27. The fourth-order valence-electron chi connectivity index (χ4n) is 2.66. The zero-order valence-electron chi connectivity index (χ0n) is 12.9. The molecule has 3 rings (SSSR count). The number of carbonyl (C=O) groups excluding carboxylic acids is 1. The molecule has 1 aliphatic rings. The van der Waals surface area contributed by atoms with Crippen LogP contribution in [0.5, 0.6) is 0 Å². The Labute approximate surface area is 150 Å². The van der Waals surface area contributed by atoms with Crippen LogP contribution in [-0.4, -0.2) is 37.4 Å². The number of halogens is 1. The molecule has 1 aromatic carbocycles. The Morgan fingerprint density at radius 3 is 2.88 bits per heavy atom. The minimum atomic E-state index is -2.91. The van der Waals surface area contributed by atoms with Crippen molar-refractivity contribution in [3.8, 4) is 10.6 Å². The first-order chi connectivity index (χ1) is 11.4. The Balaban J connectivity index is 1.55. The van der Waals surface area contributed by atoms with Crippen molar-refractivity contribution in [2.45, 2.75) is 12.8 Å². The fourth-order valence-corrected chi connectivity index (χ4v) is 5.67. The second kappa shape index (κ2) is 7.21. The number of carbonyl (C=O) groups is 1. The van der Waals surface area contributed by atoms with E-state index in [2.05, 4.69) is 10.3 Å². The van der Waals surface area contributed by atoms with Gasteiger partial charge in [-0.2, -0.15) is 0 Å². The zero-order chi connectivity index (χ0) is 17.2. The lowest BCUT2D eigenvalue weighted by molar-refractivity contribution is -0.120. The predicted molar refractivity (Wildman–Crippen MR) is 96.0 cm³/mol. The van der Waals surface area contributed by atoms with Crippen molar-refractivity contribution >= 4 is 38.7 Å². The first-order valence-corrected chi connectivity index (χ1v) is 10.7. The Bertz CT molecular complexity index is 849. The van der Waals surface area contributed by atoms with Crippen molar-refractivity contribution in [3.63, 3.8) is 0 Å². The normalized spacial score (nSPS) is 19.3. The lowest BCUT2D eigenvalue weighted by Crippen LogP contribution is -2.31. The first kappa shape index (κ1) is 17.4. The molecule has 1 N–H and O–H groups in total. The topological polar surface area (TPSA) is 76.1 Å². The SMILES string of the molecule is O=C(Cc1csc(-c2ccccc2Cl)n1)NCC1CCS(=O)(=O)C1. The molecule has 128 valence electrons. The zero-order valence-corrected chi connectivity index (χ0v) is 15.3. The Kier molecular flexibility index (Phi) is 5.22. The largest absolute Gasteiger partial charge is 0.355 e. The van der Waals surface area contributed by atoms with Crippen LogP contribution in [0.3, 0.4) is 0 Å². The number of aromatic nitrogens is 1. The van der Waals surface area contributed by atoms with Crippen LogP contribution in [0.4, 0.5) is 0 Å². The number of thiazole rings is 1. The van der Waals surface area contributed by atoms with Crippen molar-refractivity contribution in [2.24, 2.45) is 5.92 Å². The van der Waals surface area contributed by atoms with E-state index in [0.717, 1.165) is 10.6 Å². The number of nitrogens with one attached hydrogen (secondary N) is 1. The molecule has 0 spiro atoms. The smallest absolute Gasteiger partial charge is 0.226 e. The number of hydrogen-bond acceptors (Lipinski definition) is 5. The van der Waals surface area contributed by atoms with Crippen LogP contribution >= 0.6 is 22.9 Å². The predicted octanol–water partition coefficient (Wildman–Crippen LogP) is 2.56. The monoisotopic (exact) mass is 384 g/mol. The molecule has 24 heavy (non-hydrogen) atoms. The van der Waals surface area contributed by atoms with Crippen LogP contribution in [0.2, 0.25) is 5.02 Å². The summed E-state index contributed by atoms with van der Waals surface area (Å²) >= 11 is 7.60. The number of benzene rings is 1. The third kappa shape index (κ3) is 4.34. The van der Waals surface area contributed by atoms with Gasteiger partial charge in [-0.3, -0.25) is 4.79 Å². The molecule has 2 heterocycles. The molecule has 1 atom stereocenters. The molecule has 1 aliphatic heterocycles. The maximum absolute atomic E-state index is 12.0. The molecule has 1 fully saturated rings. The summed E-state index contributed by atoms with van der Waals surface area (Å²) in [5, 5.41) is 6.06. The second-order valence-electron chi connectivity index (χ2n) is 5.87. The van der Waals surface area contributed by atoms with E-state index in [1.165, 1.54) is 11.3 Å². The van der Waals surface area contributed by atoms with Gasteiger partial charge in [-0.15, -0.1) is 11.3 Å². The highest BCUT2D eigenvalue weighted by Crippen LogP contribution is 2.30. The van der Waals surface area contributed by atoms with Crippen molar-refractivity contribution in [1.29, 1.82) is 0 Å². The van der Waals surface area contributed by atoms with Gasteiger partial charge in [0.2, 0.25) is 5.91 Å². The van der Waals surface area contributed by atoms with Gasteiger partial charge in [0.15, 0.2) is 9.84 Å². The number of nitrogens with zero attached hydrogens (tertiary/aromatic N) is 1. The van der Waals surface area contributed by atoms with E-state index in [-0.39, 0.29) is 29.8 Å². The number of rotatable bonds is 5. The molecule has 0 saturated carbocycles.